The van der Waals surface area contributed by atoms with Crippen LogP contribution in [0.1, 0.15) is 40.4 Å². The molecule has 1 aliphatic heterocycles. The number of aromatic nitrogens is 1. The van der Waals surface area contributed by atoms with Gasteiger partial charge in [-0.3, -0.25) is 14.6 Å². The van der Waals surface area contributed by atoms with Crippen molar-refractivity contribution in [1.82, 2.24) is 10.3 Å². The van der Waals surface area contributed by atoms with E-state index in [1.165, 1.54) is 12.5 Å². The molecule has 0 unspecified atom stereocenters. The number of hydrogen-bond acceptors (Lipinski definition) is 4. The van der Waals surface area contributed by atoms with Gasteiger partial charge in [0.25, 0.3) is 5.91 Å². The van der Waals surface area contributed by atoms with Crippen LogP contribution in [0.2, 0.25) is 0 Å². The van der Waals surface area contributed by atoms with Gasteiger partial charge in [-0.25, -0.2) is 0 Å². The lowest BCUT2D eigenvalue weighted by atomic mass is 9.97. The maximum absolute atomic E-state index is 12.9. The zero-order valence-electron chi connectivity index (χ0n) is 16.8. The molecule has 0 aliphatic carbocycles. The van der Waals surface area contributed by atoms with E-state index in [9.17, 15) is 9.59 Å². The van der Waals surface area contributed by atoms with Crippen molar-refractivity contribution in [3.05, 3.63) is 95.3 Å². The number of anilines is 1. The predicted molar refractivity (Wildman–Crippen MR) is 119 cm³/mol. The van der Waals surface area contributed by atoms with Gasteiger partial charge in [-0.15, -0.1) is 0 Å². The molecule has 0 spiro atoms. The molecule has 4 rings (SSSR count). The molecule has 1 amide bonds. The lowest BCUT2D eigenvalue weighted by Crippen LogP contribution is -2.18. The summed E-state index contributed by atoms with van der Waals surface area (Å²) >= 11 is 0. The van der Waals surface area contributed by atoms with Crippen LogP contribution in [0.4, 0.5) is 5.69 Å². The largest absolute Gasteiger partial charge is 0.384 e. The van der Waals surface area contributed by atoms with Crippen molar-refractivity contribution >= 4 is 28.6 Å². The summed E-state index contributed by atoms with van der Waals surface area (Å²) in [6, 6.07) is 19.2. The summed E-state index contributed by atoms with van der Waals surface area (Å²) in [5, 5.41) is 6.41. The highest BCUT2D eigenvalue weighted by Gasteiger charge is 2.28. The molecule has 2 aromatic carbocycles. The normalized spacial score (nSPS) is 14.1. The molecule has 5 nitrogen and oxygen atoms in total. The Balaban J connectivity index is 1.66. The van der Waals surface area contributed by atoms with Crippen LogP contribution >= 0.6 is 0 Å². The molecule has 5 heteroatoms. The van der Waals surface area contributed by atoms with Gasteiger partial charge in [0.15, 0.2) is 5.78 Å². The zero-order chi connectivity index (χ0) is 20.9. The van der Waals surface area contributed by atoms with E-state index in [2.05, 4.69) is 21.7 Å². The van der Waals surface area contributed by atoms with Crippen LogP contribution in [0.25, 0.3) is 11.3 Å². The maximum atomic E-state index is 12.9. The van der Waals surface area contributed by atoms with Gasteiger partial charge < -0.3 is 10.6 Å². The highest BCUT2D eigenvalue weighted by atomic mass is 16.2. The maximum Gasteiger partial charge on any atom is 0.258 e. The van der Waals surface area contributed by atoms with Crippen molar-refractivity contribution in [3.8, 4) is 0 Å². The van der Waals surface area contributed by atoms with E-state index >= 15 is 0 Å². The Morgan fingerprint density at radius 3 is 2.60 bits per heavy atom. The number of hydrogen-bond donors (Lipinski definition) is 2. The van der Waals surface area contributed by atoms with Gasteiger partial charge in [0.05, 0.1) is 11.3 Å². The number of pyridine rings is 1. The summed E-state index contributed by atoms with van der Waals surface area (Å²) in [4.78, 5) is 28.9. The SMILES string of the molecule is CC(=O)c1ccc2c(c1)/C(=C(/NCCCc1cccnc1)c1ccccc1)C(=O)N2. The van der Waals surface area contributed by atoms with Crippen LogP contribution in [0.5, 0.6) is 0 Å². The third-order valence-corrected chi connectivity index (χ3v) is 5.15. The van der Waals surface area contributed by atoms with Crippen LogP contribution in [-0.2, 0) is 11.2 Å². The summed E-state index contributed by atoms with van der Waals surface area (Å²) < 4.78 is 0. The molecular weight excluding hydrogens is 374 g/mol. The molecular formula is C25H23N3O2. The molecule has 1 aliphatic rings. The number of fused-ring (bicyclic) bond motifs is 1. The number of amides is 1. The molecule has 0 fully saturated rings. The average Bonchev–Trinajstić information content (AvgIpc) is 3.10. The molecule has 30 heavy (non-hydrogen) atoms. The van der Waals surface area contributed by atoms with Crippen molar-refractivity contribution in [1.29, 1.82) is 0 Å². The van der Waals surface area contributed by atoms with Crippen LogP contribution in [0, 0.1) is 0 Å². The average molecular weight is 397 g/mol. The number of aryl methyl sites for hydroxylation is 1. The van der Waals surface area contributed by atoms with Gasteiger partial charge in [0, 0.05) is 35.8 Å². The number of ketones is 1. The summed E-state index contributed by atoms with van der Waals surface area (Å²) in [7, 11) is 0. The first kappa shape index (κ1) is 19.6. The number of carbonyl (C=O) groups is 2. The fourth-order valence-corrected chi connectivity index (χ4v) is 3.63. The van der Waals surface area contributed by atoms with Gasteiger partial charge in [0.2, 0.25) is 0 Å². The van der Waals surface area contributed by atoms with Crippen LogP contribution in [0.15, 0.2) is 73.1 Å². The Labute approximate surface area is 175 Å². The van der Waals surface area contributed by atoms with Crippen molar-refractivity contribution in [2.75, 3.05) is 11.9 Å². The van der Waals surface area contributed by atoms with E-state index in [4.69, 9.17) is 0 Å². The predicted octanol–water partition coefficient (Wildman–Crippen LogP) is 4.33. The molecule has 0 bridgehead atoms. The number of carbonyl (C=O) groups excluding carboxylic acids is 2. The smallest absolute Gasteiger partial charge is 0.258 e. The molecule has 0 saturated heterocycles. The van der Waals surface area contributed by atoms with Gasteiger partial charge >= 0.3 is 0 Å². The fraction of sp³-hybridized carbons (Fsp3) is 0.160. The summed E-state index contributed by atoms with van der Waals surface area (Å²) in [6.45, 7) is 2.24. The van der Waals surface area contributed by atoms with Crippen LogP contribution in [0.3, 0.4) is 0 Å². The minimum atomic E-state index is -0.163. The van der Waals surface area contributed by atoms with Crippen molar-refractivity contribution in [3.63, 3.8) is 0 Å². The second kappa shape index (κ2) is 8.74. The number of benzene rings is 2. The van der Waals surface area contributed by atoms with Crippen LogP contribution < -0.4 is 10.6 Å². The minimum Gasteiger partial charge on any atom is -0.384 e. The summed E-state index contributed by atoms with van der Waals surface area (Å²) in [5.41, 5.74) is 5.54. The van der Waals surface area contributed by atoms with E-state index in [-0.39, 0.29) is 11.7 Å². The number of rotatable bonds is 7. The van der Waals surface area contributed by atoms with Crippen molar-refractivity contribution in [2.45, 2.75) is 19.8 Å². The van der Waals surface area contributed by atoms with Gasteiger partial charge in [-0.05, 0) is 55.2 Å². The molecule has 2 heterocycles. The zero-order valence-corrected chi connectivity index (χ0v) is 16.8. The summed E-state index contributed by atoms with van der Waals surface area (Å²) in [5.74, 6) is -0.188. The van der Waals surface area contributed by atoms with Gasteiger partial charge in [-0.1, -0.05) is 36.4 Å². The molecule has 150 valence electrons. The Morgan fingerprint density at radius 2 is 1.87 bits per heavy atom. The van der Waals surface area contributed by atoms with E-state index in [0.717, 1.165) is 35.4 Å². The second-order valence-electron chi connectivity index (χ2n) is 7.28. The van der Waals surface area contributed by atoms with Crippen molar-refractivity contribution in [2.24, 2.45) is 0 Å². The van der Waals surface area contributed by atoms with Crippen molar-refractivity contribution < 1.29 is 9.59 Å². The van der Waals surface area contributed by atoms with Gasteiger partial charge in [-0.2, -0.15) is 0 Å². The van der Waals surface area contributed by atoms with E-state index in [0.29, 0.717) is 17.7 Å². The first-order valence-corrected chi connectivity index (χ1v) is 10.0. The molecule has 1 aromatic heterocycles. The standard InChI is InChI=1S/C25H23N3O2/c1-17(29)20-11-12-22-21(15-20)23(25(30)28-22)24(19-9-3-2-4-10-19)27-14-6-8-18-7-5-13-26-16-18/h2-5,7,9-13,15-16,27H,6,8,14H2,1H3,(H,28,30)/b24-23-. The monoisotopic (exact) mass is 397 g/mol. The number of nitrogens with zero attached hydrogens (tertiary/aromatic N) is 1. The quantitative estimate of drug-likeness (QED) is 0.354. The minimum absolute atomic E-state index is 0.0258. The first-order chi connectivity index (χ1) is 14.6. The first-order valence-electron chi connectivity index (χ1n) is 10.0. The lowest BCUT2D eigenvalue weighted by molar-refractivity contribution is -0.110. The Hall–Kier alpha value is -3.73. The molecule has 0 saturated carbocycles. The molecule has 0 radical (unpaired) electrons. The fourth-order valence-electron chi connectivity index (χ4n) is 3.63. The second-order valence-corrected chi connectivity index (χ2v) is 7.28. The topological polar surface area (TPSA) is 71.1 Å². The number of nitrogens with one attached hydrogen (secondary N) is 2. The lowest BCUT2D eigenvalue weighted by Gasteiger charge is -2.15. The van der Waals surface area contributed by atoms with Gasteiger partial charge in [0.1, 0.15) is 0 Å². The molecule has 0 atom stereocenters. The Bertz CT molecular complexity index is 1110. The highest BCUT2D eigenvalue weighted by Crippen LogP contribution is 2.36. The third-order valence-electron chi connectivity index (χ3n) is 5.15. The van der Waals surface area contributed by atoms with E-state index < -0.39 is 0 Å². The van der Waals surface area contributed by atoms with E-state index in [1.54, 1.807) is 24.4 Å². The highest BCUT2D eigenvalue weighted by molar-refractivity contribution is 6.36. The number of Topliss-reactive ketones (excluding diaryl/α,β-unsaturated/α-hetero) is 1. The molecule has 3 aromatic rings. The summed E-state index contributed by atoms with van der Waals surface area (Å²) in [6.07, 6.45) is 5.44. The Morgan fingerprint density at radius 1 is 1.03 bits per heavy atom. The van der Waals surface area contributed by atoms with Crippen LogP contribution in [-0.4, -0.2) is 23.2 Å². The van der Waals surface area contributed by atoms with E-state index in [1.807, 2.05) is 42.6 Å². The third kappa shape index (κ3) is 4.15. The Kier molecular flexibility index (Phi) is 5.70. The molecule has 2 N–H and O–H groups in total.